The largest absolute Gasteiger partial charge is 0.378 e. The first-order chi connectivity index (χ1) is 10.8. The van der Waals surface area contributed by atoms with E-state index in [4.69, 9.17) is 4.74 Å². The number of para-hydroxylation sites is 1. The minimum absolute atomic E-state index is 0.000252. The van der Waals surface area contributed by atoms with E-state index in [2.05, 4.69) is 4.90 Å². The number of morpholine rings is 1. The number of amides is 1. The second-order valence-electron chi connectivity index (χ2n) is 5.35. The van der Waals surface area contributed by atoms with Crippen molar-refractivity contribution < 1.29 is 9.53 Å². The van der Waals surface area contributed by atoms with E-state index in [0.717, 1.165) is 37.7 Å². The number of carbonyl (C=O) groups excluding carboxylic acids is 1. The minimum Gasteiger partial charge on any atom is -0.378 e. The molecule has 1 heterocycles. The molecular weight excluding hydrogens is 276 g/mol. The van der Waals surface area contributed by atoms with Gasteiger partial charge in [0.05, 0.1) is 13.2 Å². The first-order valence-corrected chi connectivity index (χ1v) is 7.51. The Kier molecular flexibility index (Phi) is 4.39. The molecule has 1 aliphatic rings. The van der Waals surface area contributed by atoms with Gasteiger partial charge in [-0.3, -0.25) is 4.79 Å². The molecule has 1 fully saturated rings. The summed E-state index contributed by atoms with van der Waals surface area (Å²) in [6.07, 6.45) is 0. The predicted molar refractivity (Wildman–Crippen MR) is 88.6 cm³/mol. The van der Waals surface area contributed by atoms with Crippen molar-refractivity contribution in [3.8, 4) is 0 Å². The van der Waals surface area contributed by atoms with Crippen molar-refractivity contribution in [2.45, 2.75) is 0 Å². The minimum atomic E-state index is -0.000252. The molecule has 0 unspecified atom stereocenters. The van der Waals surface area contributed by atoms with Crippen molar-refractivity contribution >= 4 is 17.3 Å². The summed E-state index contributed by atoms with van der Waals surface area (Å²) >= 11 is 0. The lowest BCUT2D eigenvalue weighted by molar-refractivity contribution is 0.0993. The zero-order chi connectivity index (χ0) is 15.4. The van der Waals surface area contributed by atoms with Crippen molar-refractivity contribution in [1.82, 2.24) is 0 Å². The fourth-order valence-electron chi connectivity index (χ4n) is 2.60. The maximum atomic E-state index is 12.5. The van der Waals surface area contributed by atoms with Crippen LogP contribution in [0.1, 0.15) is 10.4 Å². The maximum Gasteiger partial charge on any atom is 0.258 e. The van der Waals surface area contributed by atoms with Crippen LogP contribution in [-0.4, -0.2) is 39.3 Å². The second-order valence-corrected chi connectivity index (χ2v) is 5.35. The van der Waals surface area contributed by atoms with Crippen molar-refractivity contribution in [3.05, 3.63) is 60.2 Å². The summed E-state index contributed by atoms with van der Waals surface area (Å²) in [6.45, 7) is 3.32. The maximum absolute atomic E-state index is 12.5. The van der Waals surface area contributed by atoms with E-state index < -0.39 is 0 Å². The topological polar surface area (TPSA) is 32.8 Å². The van der Waals surface area contributed by atoms with Gasteiger partial charge in [0.2, 0.25) is 0 Å². The fraction of sp³-hybridized carbons (Fsp3) is 0.278. The molecular formula is C18H20N2O2. The van der Waals surface area contributed by atoms with E-state index in [1.807, 2.05) is 54.6 Å². The number of ether oxygens (including phenoxy) is 1. The predicted octanol–water partition coefficient (Wildman–Crippen LogP) is 2.80. The monoisotopic (exact) mass is 296 g/mol. The summed E-state index contributed by atoms with van der Waals surface area (Å²) in [5.41, 5.74) is 2.73. The second kappa shape index (κ2) is 6.62. The number of hydrogen-bond donors (Lipinski definition) is 0. The van der Waals surface area contributed by atoms with Gasteiger partial charge in [-0.25, -0.2) is 0 Å². The van der Waals surface area contributed by atoms with Gasteiger partial charge >= 0.3 is 0 Å². The van der Waals surface area contributed by atoms with Gasteiger partial charge in [-0.2, -0.15) is 0 Å². The van der Waals surface area contributed by atoms with Gasteiger partial charge in [0.25, 0.3) is 5.91 Å². The average Bonchev–Trinajstić information content (AvgIpc) is 2.62. The van der Waals surface area contributed by atoms with Crippen LogP contribution in [0.15, 0.2) is 54.6 Å². The number of carbonyl (C=O) groups is 1. The summed E-state index contributed by atoms with van der Waals surface area (Å²) in [6, 6.07) is 17.5. The number of anilines is 2. The van der Waals surface area contributed by atoms with E-state index in [1.54, 1.807) is 11.9 Å². The molecule has 1 saturated heterocycles. The number of hydrogen-bond acceptors (Lipinski definition) is 3. The van der Waals surface area contributed by atoms with E-state index in [0.29, 0.717) is 5.56 Å². The van der Waals surface area contributed by atoms with Gasteiger partial charge in [-0.15, -0.1) is 0 Å². The fourth-order valence-corrected chi connectivity index (χ4v) is 2.60. The molecule has 0 radical (unpaired) electrons. The van der Waals surface area contributed by atoms with Gasteiger partial charge in [-0.05, 0) is 36.4 Å². The van der Waals surface area contributed by atoms with Gasteiger partial charge < -0.3 is 14.5 Å². The molecule has 0 bridgehead atoms. The summed E-state index contributed by atoms with van der Waals surface area (Å²) in [5.74, 6) is -0.000252. The standard InChI is InChI=1S/C18H20N2O2/c1-19(16-5-3-2-4-6-16)18(21)15-7-9-17(10-8-15)20-11-13-22-14-12-20/h2-10H,11-14H2,1H3. The summed E-state index contributed by atoms with van der Waals surface area (Å²) < 4.78 is 5.36. The van der Waals surface area contributed by atoms with Crippen LogP contribution in [0.2, 0.25) is 0 Å². The Labute approximate surface area is 130 Å². The Morgan fingerprint density at radius 1 is 1.00 bits per heavy atom. The molecule has 1 aliphatic heterocycles. The van der Waals surface area contributed by atoms with Crippen molar-refractivity contribution in [2.75, 3.05) is 43.2 Å². The lowest BCUT2D eigenvalue weighted by Gasteiger charge is -2.29. The molecule has 3 rings (SSSR count). The normalized spacial score (nSPS) is 14.7. The van der Waals surface area contributed by atoms with Crippen LogP contribution in [-0.2, 0) is 4.74 Å². The third-order valence-electron chi connectivity index (χ3n) is 3.94. The lowest BCUT2D eigenvalue weighted by atomic mass is 10.1. The van der Waals surface area contributed by atoms with Crippen LogP contribution >= 0.6 is 0 Å². The van der Waals surface area contributed by atoms with E-state index in [1.165, 1.54) is 0 Å². The van der Waals surface area contributed by atoms with Crippen molar-refractivity contribution in [1.29, 1.82) is 0 Å². The van der Waals surface area contributed by atoms with Gasteiger partial charge in [0.1, 0.15) is 0 Å². The third kappa shape index (κ3) is 3.12. The van der Waals surface area contributed by atoms with E-state index in [-0.39, 0.29) is 5.91 Å². The highest BCUT2D eigenvalue weighted by atomic mass is 16.5. The molecule has 0 spiro atoms. The van der Waals surface area contributed by atoms with Gasteiger partial charge in [0.15, 0.2) is 0 Å². The van der Waals surface area contributed by atoms with Crippen LogP contribution < -0.4 is 9.80 Å². The number of nitrogens with zero attached hydrogens (tertiary/aromatic N) is 2. The van der Waals surface area contributed by atoms with Crippen molar-refractivity contribution in [2.24, 2.45) is 0 Å². The SMILES string of the molecule is CN(C(=O)c1ccc(N2CCOCC2)cc1)c1ccccc1. The highest BCUT2D eigenvalue weighted by Crippen LogP contribution is 2.19. The first-order valence-electron chi connectivity index (χ1n) is 7.51. The van der Waals surface area contributed by atoms with E-state index >= 15 is 0 Å². The summed E-state index contributed by atoms with van der Waals surface area (Å²) in [5, 5.41) is 0. The molecule has 2 aromatic rings. The highest BCUT2D eigenvalue weighted by Gasteiger charge is 2.15. The van der Waals surface area contributed by atoms with Crippen LogP contribution in [0.4, 0.5) is 11.4 Å². The number of rotatable bonds is 3. The Morgan fingerprint density at radius 2 is 1.64 bits per heavy atom. The Hall–Kier alpha value is -2.33. The molecule has 0 atom stereocenters. The zero-order valence-electron chi connectivity index (χ0n) is 12.7. The van der Waals surface area contributed by atoms with Crippen LogP contribution in [0, 0.1) is 0 Å². The molecule has 1 amide bonds. The third-order valence-corrected chi connectivity index (χ3v) is 3.94. The van der Waals surface area contributed by atoms with Crippen LogP contribution in [0.3, 0.4) is 0 Å². The molecule has 114 valence electrons. The molecule has 0 aliphatic carbocycles. The van der Waals surface area contributed by atoms with Crippen LogP contribution in [0.5, 0.6) is 0 Å². The van der Waals surface area contributed by atoms with Gasteiger partial charge in [-0.1, -0.05) is 18.2 Å². The molecule has 0 saturated carbocycles. The zero-order valence-corrected chi connectivity index (χ0v) is 12.7. The molecule has 22 heavy (non-hydrogen) atoms. The summed E-state index contributed by atoms with van der Waals surface area (Å²) in [7, 11) is 1.80. The lowest BCUT2D eigenvalue weighted by Crippen LogP contribution is -2.36. The van der Waals surface area contributed by atoms with E-state index in [9.17, 15) is 4.79 Å². The Morgan fingerprint density at radius 3 is 2.27 bits per heavy atom. The average molecular weight is 296 g/mol. The quantitative estimate of drug-likeness (QED) is 0.873. The molecule has 2 aromatic carbocycles. The summed E-state index contributed by atoms with van der Waals surface area (Å²) in [4.78, 5) is 16.5. The van der Waals surface area contributed by atoms with Gasteiger partial charge in [0, 0.05) is 37.1 Å². The Bertz CT molecular complexity index is 619. The Balaban J connectivity index is 1.73. The smallest absolute Gasteiger partial charge is 0.258 e. The molecule has 0 aromatic heterocycles. The molecule has 4 nitrogen and oxygen atoms in total. The number of benzene rings is 2. The van der Waals surface area contributed by atoms with Crippen molar-refractivity contribution in [3.63, 3.8) is 0 Å². The molecule has 4 heteroatoms. The highest BCUT2D eigenvalue weighted by molar-refractivity contribution is 6.05. The first kappa shape index (κ1) is 14.6. The molecule has 0 N–H and O–H groups in total. The van der Waals surface area contributed by atoms with Crippen LogP contribution in [0.25, 0.3) is 0 Å².